The van der Waals surface area contributed by atoms with E-state index in [9.17, 15) is 21.6 Å². The van der Waals surface area contributed by atoms with Gasteiger partial charge in [0.25, 0.3) is 0 Å². The summed E-state index contributed by atoms with van der Waals surface area (Å²) in [5, 5.41) is 0. The van der Waals surface area contributed by atoms with Gasteiger partial charge in [-0.2, -0.15) is 17.5 Å². The third-order valence-electron chi connectivity index (χ3n) is 3.91. The smallest absolute Gasteiger partial charge is 0.416 e. The Morgan fingerprint density at radius 1 is 0.929 bits per heavy atom. The molecule has 0 aromatic heterocycles. The van der Waals surface area contributed by atoms with Gasteiger partial charge in [-0.15, -0.1) is 0 Å². The quantitative estimate of drug-likeness (QED) is 0.642. The van der Waals surface area contributed by atoms with Crippen LogP contribution >= 0.6 is 0 Å². The molecule has 0 amide bonds. The monoisotopic (exact) mass is 417 g/mol. The number of halogens is 3. The first kappa shape index (κ1) is 22.0. The highest BCUT2D eigenvalue weighted by molar-refractivity contribution is 7.89. The Hall–Kier alpha value is -2.26. The second kappa shape index (κ2) is 8.83. The van der Waals surface area contributed by atoms with Crippen LogP contribution in [0.3, 0.4) is 0 Å². The lowest BCUT2D eigenvalue weighted by Crippen LogP contribution is -2.26. The van der Waals surface area contributed by atoms with Gasteiger partial charge >= 0.3 is 6.18 Å². The zero-order chi connectivity index (χ0) is 20.9. The standard InChI is InChI=1S/C19H22F3NO4S/c1-4-26-17-11-10-16(12-18(17)27-5-2)28(24,25)23(3)13-14-6-8-15(9-7-14)19(20,21)22/h6-12H,4-5,13H2,1-3H3. The molecule has 0 N–H and O–H groups in total. The zero-order valence-corrected chi connectivity index (χ0v) is 16.6. The number of rotatable bonds is 8. The maximum Gasteiger partial charge on any atom is 0.416 e. The number of ether oxygens (including phenoxy) is 2. The molecule has 0 unspecified atom stereocenters. The van der Waals surface area contributed by atoms with Crippen LogP contribution < -0.4 is 9.47 Å². The van der Waals surface area contributed by atoms with Crippen LogP contribution in [0.15, 0.2) is 47.4 Å². The first-order chi connectivity index (χ1) is 13.1. The van der Waals surface area contributed by atoms with Gasteiger partial charge < -0.3 is 9.47 Å². The Bertz CT molecular complexity index is 896. The maximum absolute atomic E-state index is 12.8. The van der Waals surface area contributed by atoms with E-state index in [2.05, 4.69) is 0 Å². The fourth-order valence-electron chi connectivity index (χ4n) is 2.51. The normalized spacial score (nSPS) is 12.2. The van der Waals surface area contributed by atoms with Crippen molar-refractivity contribution in [2.24, 2.45) is 0 Å². The van der Waals surface area contributed by atoms with Gasteiger partial charge in [0.1, 0.15) is 0 Å². The van der Waals surface area contributed by atoms with Gasteiger partial charge in [0.2, 0.25) is 10.0 Å². The molecule has 28 heavy (non-hydrogen) atoms. The van der Waals surface area contributed by atoms with Crippen LogP contribution in [-0.4, -0.2) is 33.0 Å². The predicted molar refractivity (Wildman–Crippen MR) is 98.9 cm³/mol. The lowest BCUT2D eigenvalue weighted by molar-refractivity contribution is -0.137. The summed E-state index contributed by atoms with van der Waals surface area (Å²) in [6, 6.07) is 8.70. The average molecular weight is 417 g/mol. The van der Waals surface area contributed by atoms with E-state index in [0.29, 0.717) is 30.3 Å². The Kier molecular flexibility index (Phi) is 6.95. The highest BCUT2D eigenvalue weighted by atomic mass is 32.2. The lowest BCUT2D eigenvalue weighted by Gasteiger charge is -2.19. The predicted octanol–water partition coefficient (Wildman–Crippen LogP) is 4.32. The average Bonchev–Trinajstić information content (AvgIpc) is 2.63. The lowest BCUT2D eigenvalue weighted by atomic mass is 10.1. The molecule has 0 spiro atoms. The number of sulfonamides is 1. The van der Waals surface area contributed by atoms with Crippen LogP contribution in [0.4, 0.5) is 13.2 Å². The molecule has 2 aromatic carbocycles. The molecule has 0 radical (unpaired) electrons. The van der Waals surface area contributed by atoms with Crippen LogP contribution in [-0.2, 0) is 22.7 Å². The molecule has 5 nitrogen and oxygen atoms in total. The molecule has 0 aliphatic rings. The van der Waals surface area contributed by atoms with Gasteiger partial charge in [-0.3, -0.25) is 0 Å². The first-order valence-electron chi connectivity index (χ1n) is 8.61. The van der Waals surface area contributed by atoms with Crippen LogP contribution in [0, 0.1) is 0 Å². The van der Waals surface area contributed by atoms with E-state index in [4.69, 9.17) is 9.47 Å². The maximum atomic E-state index is 12.8. The Balaban J connectivity index is 2.24. The van der Waals surface area contributed by atoms with E-state index >= 15 is 0 Å². The summed E-state index contributed by atoms with van der Waals surface area (Å²) in [4.78, 5) is 0.00816. The molecule has 2 rings (SSSR count). The molecular weight excluding hydrogens is 395 g/mol. The van der Waals surface area contributed by atoms with E-state index in [1.807, 2.05) is 0 Å². The van der Waals surface area contributed by atoms with E-state index in [0.717, 1.165) is 16.4 Å². The molecule has 0 bridgehead atoms. The zero-order valence-electron chi connectivity index (χ0n) is 15.8. The van der Waals surface area contributed by atoms with Gasteiger partial charge in [0.05, 0.1) is 23.7 Å². The summed E-state index contributed by atoms with van der Waals surface area (Å²) in [6.45, 7) is 4.24. The number of alkyl halides is 3. The van der Waals surface area contributed by atoms with Crippen molar-refractivity contribution in [1.82, 2.24) is 4.31 Å². The van der Waals surface area contributed by atoms with Crippen molar-refractivity contribution >= 4 is 10.0 Å². The minimum Gasteiger partial charge on any atom is -0.490 e. The van der Waals surface area contributed by atoms with Crippen LogP contribution in [0.25, 0.3) is 0 Å². The molecule has 2 aromatic rings. The number of nitrogens with zero attached hydrogens (tertiary/aromatic N) is 1. The summed E-state index contributed by atoms with van der Waals surface area (Å²) < 4.78 is 75.6. The van der Waals surface area contributed by atoms with Crippen molar-refractivity contribution < 1.29 is 31.1 Å². The molecule has 0 fully saturated rings. The van der Waals surface area contributed by atoms with E-state index in [1.54, 1.807) is 13.8 Å². The fraction of sp³-hybridized carbons (Fsp3) is 0.368. The van der Waals surface area contributed by atoms with Crippen LogP contribution in [0.2, 0.25) is 0 Å². The largest absolute Gasteiger partial charge is 0.490 e. The van der Waals surface area contributed by atoms with Gasteiger partial charge in [0, 0.05) is 19.7 Å². The first-order valence-corrected chi connectivity index (χ1v) is 10.1. The van der Waals surface area contributed by atoms with Crippen LogP contribution in [0.5, 0.6) is 11.5 Å². The molecule has 0 aliphatic heterocycles. The number of benzene rings is 2. The van der Waals surface area contributed by atoms with E-state index in [1.165, 1.54) is 37.4 Å². The second-order valence-electron chi connectivity index (χ2n) is 5.93. The number of hydrogen-bond acceptors (Lipinski definition) is 4. The van der Waals surface area contributed by atoms with Crippen molar-refractivity contribution in [2.45, 2.75) is 31.5 Å². The molecular formula is C19H22F3NO4S. The van der Waals surface area contributed by atoms with Gasteiger partial charge in [0.15, 0.2) is 11.5 Å². The Labute approximate surface area is 162 Å². The Morgan fingerprint density at radius 3 is 2.04 bits per heavy atom. The van der Waals surface area contributed by atoms with Crippen molar-refractivity contribution in [2.75, 3.05) is 20.3 Å². The second-order valence-corrected chi connectivity index (χ2v) is 7.98. The molecule has 9 heteroatoms. The minimum atomic E-state index is -4.44. The van der Waals surface area contributed by atoms with Crippen LogP contribution in [0.1, 0.15) is 25.0 Å². The highest BCUT2D eigenvalue weighted by Crippen LogP contribution is 2.32. The van der Waals surface area contributed by atoms with Crippen molar-refractivity contribution in [3.8, 4) is 11.5 Å². The molecule has 0 atom stereocenters. The molecule has 0 saturated heterocycles. The molecule has 154 valence electrons. The minimum absolute atomic E-state index is 0.00816. The summed E-state index contributed by atoms with van der Waals surface area (Å²) in [5.41, 5.74) is -0.343. The summed E-state index contributed by atoms with van der Waals surface area (Å²) in [7, 11) is -2.51. The molecule has 0 heterocycles. The van der Waals surface area contributed by atoms with Gasteiger partial charge in [-0.1, -0.05) is 12.1 Å². The summed E-state index contributed by atoms with van der Waals surface area (Å²) in [6.07, 6.45) is -4.44. The van der Waals surface area contributed by atoms with E-state index < -0.39 is 21.8 Å². The summed E-state index contributed by atoms with van der Waals surface area (Å²) >= 11 is 0. The highest BCUT2D eigenvalue weighted by Gasteiger charge is 2.30. The Morgan fingerprint density at radius 2 is 1.50 bits per heavy atom. The third-order valence-corrected chi connectivity index (χ3v) is 5.71. The fourth-order valence-corrected chi connectivity index (χ4v) is 3.69. The molecule has 0 aliphatic carbocycles. The van der Waals surface area contributed by atoms with Crippen molar-refractivity contribution in [3.05, 3.63) is 53.6 Å². The SMILES string of the molecule is CCOc1ccc(S(=O)(=O)N(C)Cc2ccc(C(F)(F)F)cc2)cc1OCC. The van der Waals surface area contributed by atoms with E-state index in [-0.39, 0.29) is 11.4 Å². The topological polar surface area (TPSA) is 55.8 Å². The number of hydrogen-bond donors (Lipinski definition) is 0. The van der Waals surface area contributed by atoms with Gasteiger partial charge in [-0.05, 0) is 43.7 Å². The van der Waals surface area contributed by atoms with Crippen molar-refractivity contribution in [3.63, 3.8) is 0 Å². The van der Waals surface area contributed by atoms with Gasteiger partial charge in [-0.25, -0.2) is 8.42 Å². The van der Waals surface area contributed by atoms with Crippen molar-refractivity contribution in [1.29, 1.82) is 0 Å². The molecule has 0 saturated carbocycles. The summed E-state index contributed by atoms with van der Waals surface area (Å²) in [5.74, 6) is 0.752. The third kappa shape index (κ3) is 5.17.